The summed E-state index contributed by atoms with van der Waals surface area (Å²) in [5.41, 5.74) is 6.69. The second-order valence-corrected chi connectivity index (χ2v) is 7.17. The van der Waals surface area contributed by atoms with Gasteiger partial charge < -0.3 is 10.5 Å². The lowest BCUT2D eigenvalue weighted by Gasteiger charge is -2.07. The van der Waals surface area contributed by atoms with Crippen molar-refractivity contribution in [2.24, 2.45) is 0 Å². The maximum absolute atomic E-state index is 12.1. The topological polar surface area (TPSA) is 76.1 Å². The number of nitrogen functional groups attached to an aromatic ring is 1. The van der Waals surface area contributed by atoms with Crippen LogP contribution in [0.1, 0.15) is 27.7 Å². The molecular formula is C15H12Cl2N2O2S2. The first-order valence-electron chi connectivity index (χ1n) is 6.54. The van der Waals surface area contributed by atoms with Crippen molar-refractivity contribution < 1.29 is 9.53 Å². The Morgan fingerprint density at radius 1 is 1.43 bits per heavy atom. The van der Waals surface area contributed by atoms with Gasteiger partial charge >= 0.3 is 5.97 Å². The Hall–Kier alpha value is -1.39. The van der Waals surface area contributed by atoms with Crippen LogP contribution in [0.2, 0.25) is 10.0 Å². The number of ether oxygens (including phenoxy) is 1. The second kappa shape index (κ2) is 7.93. The normalized spacial score (nSPS) is 10.3. The zero-order chi connectivity index (χ0) is 17.0. The van der Waals surface area contributed by atoms with E-state index in [2.05, 4.69) is 0 Å². The molecule has 2 N–H and O–H groups in total. The molecular weight excluding hydrogens is 375 g/mol. The van der Waals surface area contributed by atoms with E-state index in [0.717, 1.165) is 11.3 Å². The third-order valence-electron chi connectivity index (χ3n) is 2.89. The lowest BCUT2D eigenvalue weighted by atomic mass is 10.2. The van der Waals surface area contributed by atoms with Crippen LogP contribution in [0.4, 0.5) is 5.00 Å². The van der Waals surface area contributed by atoms with E-state index in [9.17, 15) is 10.1 Å². The van der Waals surface area contributed by atoms with Crippen molar-refractivity contribution in [2.45, 2.75) is 17.6 Å². The molecule has 0 aliphatic rings. The number of halogens is 2. The standard InChI is InChI=1S/C15H12Cl2N2O2S2/c1-2-21-15(20)12-9(8(6-18)14(19)23-12)7-22-13-10(16)4-3-5-11(13)17/h3-5H,2,7,19H2,1H3. The summed E-state index contributed by atoms with van der Waals surface area (Å²) in [5, 5.41) is 10.6. The first-order valence-corrected chi connectivity index (χ1v) is 9.10. The lowest BCUT2D eigenvalue weighted by molar-refractivity contribution is 0.0531. The molecule has 0 saturated carbocycles. The monoisotopic (exact) mass is 386 g/mol. The SMILES string of the molecule is CCOC(=O)c1sc(N)c(C#N)c1CSc1c(Cl)cccc1Cl. The van der Waals surface area contributed by atoms with E-state index in [0.29, 0.717) is 41.7 Å². The molecule has 1 heterocycles. The summed E-state index contributed by atoms with van der Waals surface area (Å²) in [6.07, 6.45) is 0. The average molecular weight is 387 g/mol. The van der Waals surface area contributed by atoms with Crippen molar-refractivity contribution in [1.82, 2.24) is 0 Å². The van der Waals surface area contributed by atoms with Gasteiger partial charge in [0.05, 0.1) is 22.2 Å². The predicted molar refractivity (Wildman–Crippen MR) is 95.4 cm³/mol. The van der Waals surface area contributed by atoms with Crippen molar-refractivity contribution in [3.63, 3.8) is 0 Å². The van der Waals surface area contributed by atoms with Gasteiger partial charge in [0.2, 0.25) is 0 Å². The number of thioether (sulfide) groups is 1. The molecule has 2 rings (SSSR count). The Labute approximate surface area is 152 Å². The van der Waals surface area contributed by atoms with Gasteiger partial charge in [0.15, 0.2) is 0 Å². The van der Waals surface area contributed by atoms with Gasteiger partial charge in [-0.3, -0.25) is 0 Å². The quantitative estimate of drug-likeness (QED) is 0.579. The maximum atomic E-state index is 12.1. The number of hydrogen-bond donors (Lipinski definition) is 1. The van der Waals surface area contributed by atoms with Gasteiger partial charge in [0.25, 0.3) is 0 Å². The number of nitrogens with zero attached hydrogens (tertiary/aromatic N) is 1. The van der Waals surface area contributed by atoms with Gasteiger partial charge in [-0.2, -0.15) is 5.26 Å². The van der Waals surface area contributed by atoms with Crippen molar-refractivity contribution in [3.05, 3.63) is 44.2 Å². The van der Waals surface area contributed by atoms with E-state index >= 15 is 0 Å². The minimum atomic E-state index is -0.480. The molecule has 0 fully saturated rings. The third kappa shape index (κ3) is 3.93. The molecule has 23 heavy (non-hydrogen) atoms. The highest BCUT2D eigenvalue weighted by atomic mass is 35.5. The lowest BCUT2D eigenvalue weighted by Crippen LogP contribution is -2.05. The first-order chi connectivity index (χ1) is 11.0. The fourth-order valence-corrected chi connectivity index (χ4v) is 4.61. The summed E-state index contributed by atoms with van der Waals surface area (Å²) in [6.45, 7) is 1.97. The summed E-state index contributed by atoms with van der Waals surface area (Å²) in [4.78, 5) is 13.1. The first kappa shape index (κ1) is 18.0. The Morgan fingerprint density at radius 3 is 2.65 bits per heavy atom. The second-order valence-electron chi connectivity index (χ2n) is 4.32. The van der Waals surface area contributed by atoms with Crippen LogP contribution in [-0.2, 0) is 10.5 Å². The van der Waals surface area contributed by atoms with Crippen molar-refractivity contribution in [3.8, 4) is 6.07 Å². The Morgan fingerprint density at radius 2 is 2.09 bits per heavy atom. The van der Waals surface area contributed by atoms with E-state index in [-0.39, 0.29) is 6.61 Å². The molecule has 1 aromatic carbocycles. The smallest absolute Gasteiger partial charge is 0.348 e. The number of carbonyl (C=O) groups is 1. The van der Waals surface area contributed by atoms with E-state index in [1.165, 1.54) is 11.8 Å². The third-order valence-corrected chi connectivity index (χ3v) is 5.94. The molecule has 1 aromatic heterocycles. The van der Waals surface area contributed by atoms with E-state index < -0.39 is 5.97 Å². The molecule has 2 aromatic rings. The summed E-state index contributed by atoms with van der Waals surface area (Å²) in [5.74, 6) is -0.139. The van der Waals surface area contributed by atoms with Crippen LogP contribution < -0.4 is 5.73 Å². The highest BCUT2D eigenvalue weighted by Gasteiger charge is 2.23. The number of nitrogens with two attached hydrogens (primary N) is 1. The molecule has 0 atom stereocenters. The molecule has 8 heteroatoms. The minimum Gasteiger partial charge on any atom is -0.462 e. The number of benzene rings is 1. The highest BCUT2D eigenvalue weighted by molar-refractivity contribution is 7.98. The number of hydrogen-bond acceptors (Lipinski definition) is 6. The van der Waals surface area contributed by atoms with Gasteiger partial charge in [-0.15, -0.1) is 23.1 Å². The zero-order valence-corrected chi connectivity index (χ0v) is 15.2. The van der Waals surface area contributed by atoms with Crippen LogP contribution in [0.25, 0.3) is 0 Å². The largest absolute Gasteiger partial charge is 0.462 e. The average Bonchev–Trinajstić information content (AvgIpc) is 2.83. The molecule has 0 aliphatic heterocycles. The van der Waals surface area contributed by atoms with Gasteiger partial charge in [-0.05, 0) is 19.1 Å². The highest BCUT2D eigenvalue weighted by Crippen LogP contribution is 2.39. The molecule has 0 saturated heterocycles. The van der Waals surface area contributed by atoms with Gasteiger partial charge in [-0.25, -0.2) is 4.79 Å². The van der Waals surface area contributed by atoms with Crippen molar-refractivity contribution in [1.29, 1.82) is 5.26 Å². The summed E-state index contributed by atoms with van der Waals surface area (Å²) < 4.78 is 5.03. The number of rotatable bonds is 5. The fourth-order valence-electron chi connectivity index (χ4n) is 1.87. The molecule has 0 unspecified atom stereocenters. The molecule has 0 amide bonds. The zero-order valence-electron chi connectivity index (χ0n) is 12.1. The fraction of sp³-hybridized carbons (Fsp3) is 0.200. The van der Waals surface area contributed by atoms with Gasteiger partial charge in [0, 0.05) is 16.2 Å². The minimum absolute atomic E-state index is 0.251. The van der Waals surface area contributed by atoms with Crippen molar-refractivity contribution >= 4 is 57.3 Å². The molecule has 0 spiro atoms. The number of anilines is 1. The number of thiophene rings is 1. The Bertz CT molecular complexity index is 764. The number of nitriles is 1. The summed E-state index contributed by atoms with van der Waals surface area (Å²) in [7, 11) is 0. The summed E-state index contributed by atoms with van der Waals surface area (Å²) in [6, 6.07) is 7.26. The van der Waals surface area contributed by atoms with Crippen LogP contribution in [-0.4, -0.2) is 12.6 Å². The van der Waals surface area contributed by atoms with Crippen LogP contribution in [0.3, 0.4) is 0 Å². The Kier molecular flexibility index (Phi) is 6.19. The van der Waals surface area contributed by atoms with E-state index in [4.69, 9.17) is 33.7 Å². The molecule has 0 aliphatic carbocycles. The molecule has 0 bridgehead atoms. The van der Waals surface area contributed by atoms with Crippen LogP contribution >= 0.6 is 46.3 Å². The van der Waals surface area contributed by atoms with Crippen LogP contribution in [0.5, 0.6) is 0 Å². The van der Waals surface area contributed by atoms with Gasteiger partial charge in [-0.1, -0.05) is 29.3 Å². The predicted octanol–water partition coefficient (Wildman–Crippen LogP) is 4.98. The molecule has 4 nitrogen and oxygen atoms in total. The number of carbonyl (C=O) groups excluding carboxylic acids is 1. The molecule has 0 radical (unpaired) electrons. The molecule has 120 valence electrons. The van der Waals surface area contributed by atoms with Gasteiger partial charge in [0.1, 0.15) is 15.9 Å². The summed E-state index contributed by atoms with van der Waals surface area (Å²) >= 11 is 14.7. The maximum Gasteiger partial charge on any atom is 0.348 e. The van der Waals surface area contributed by atoms with Crippen molar-refractivity contribution in [2.75, 3.05) is 12.3 Å². The van der Waals surface area contributed by atoms with Crippen LogP contribution in [0, 0.1) is 11.3 Å². The van der Waals surface area contributed by atoms with Crippen LogP contribution in [0.15, 0.2) is 23.1 Å². The van der Waals surface area contributed by atoms with E-state index in [1.54, 1.807) is 25.1 Å². The Balaban J connectivity index is 2.35. The van der Waals surface area contributed by atoms with E-state index in [1.807, 2.05) is 6.07 Å². The number of esters is 1.